The van der Waals surface area contributed by atoms with Crippen LogP contribution in [-0.4, -0.2) is 49.1 Å². The minimum atomic E-state index is 0.0386. The Balaban J connectivity index is 2.07. The summed E-state index contributed by atoms with van der Waals surface area (Å²) in [5, 5.41) is 3.21. The Morgan fingerprint density at radius 2 is 2.19 bits per heavy atom. The third-order valence-electron chi connectivity index (χ3n) is 2.60. The Bertz CT molecular complexity index is 358. The second-order valence-corrected chi connectivity index (χ2v) is 3.63. The van der Waals surface area contributed by atoms with Crippen LogP contribution in [0, 0.1) is 0 Å². The zero-order valence-electron chi connectivity index (χ0n) is 9.27. The van der Waals surface area contributed by atoms with Gasteiger partial charge in [-0.25, -0.2) is 4.98 Å². The Morgan fingerprint density at radius 3 is 2.75 bits per heavy atom. The number of carbonyl (C=O) groups is 1. The maximum absolute atomic E-state index is 12.0. The van der Waals surface area contributed by atoms with E-state index in [1.165, 1.54) is 0 Å². The van der Waals surface area contributed by atoms with Gasteiger partial charge in [-0.1, -0.05) is 0 Å². The molecule has 86 valence electrons. The fourth-order valence-corrected chi connectivity index (χ4v) is 1.68. The second-order valence-electron chi connectivity index (χ2n) is 3.63. The molecule has 1 fully saturated rings. The van der Waals surface area contributed by atoms with Gasteiger partial charge in [0.15, 0.2) is 0 Å². The number of piperazine rings is 1. The summed E-state index contributed by atoms with van der Waals surface area (Å²) in [7, 11) is 1.56. The zero-order valence-corrected chi connectivity index (χ0v) is 9.27. The molecule has 0 spiro atoms. The SMILES string of the molecule is COc1ccc(C(=O)N2CCNCC2)cn1. The lowest BCUT2D eigenvalue weighted by Crippen LogP contribution is -2.46. The number of ether oxygens (including phenoxy) is 1. The summed E-state index contributed by atoms with van der Waals surface area (Å²) < 4.78 is 4.95. The van der Waals surface area contributed by atoms with Crippen LogP contribution in [0.15, 0.2) is 18.3 Å². The molecule has 0 unspecified atom stereocenters. The standard InChI is InChI=1S/C11H15N3O2/c1-16-10-3-2-9(8-13-10)11(15)14-6-4-12-5-7-14/h2-3,8,12H,4-7H2,1H3. The Hall–Kier alpha value is -1.62. The van der Waals surface area contributed by atoms with E-state index < -0.39 is 0 Å². The molecule has 0 aromatic carbocycles. The summed E-state index contributed by atoms with van der Waals surface area (Å²) in [4.78, 5) is 17.9. The third-order valence-corrected chi connectivity index (χ3v) is 2.60. The van der Waals surface area contributed by atoms with Gasteiger partial charge in [0.25, 0.3) is 5.91 Å². The molecule has 1 amide bonds. The van der Waals surface area contributed by atoms with Crippen molar-refractivity contribution < 1.29 is 9.53 Å². The quantitative estimate of drug-likeness (QED) is 0.771. The van der Waals surface area contributed by atoms with Crippen molar-refractivity contribution in [2.45, 2.75) is 0 Å². The van der Waals surface area contributed by atoms with Crippen LogP contribution < -0.4 is 10.1 Å². The Kier molecular flexibility index (Phi) is 3.36. The van der Waals surface area contributed by atoms with Crippen molar-refractivity contribution in [3.8, 4) is 5.88 Å². The van der Waals surface area contributed by atoms with Gasteiger partial charge in [-0.15, -0.1) is 0 Å². The highest BCUT2D eigenvalue weighted by atomic mass is 16.5. The average Bonchev–Trinajstić information content (AvgIpc) is 2.39. The number of hydrogen-bond donors (Lipinski definition) is 1. The van der Waals surface area contributed by atoms with Crippen LogP contribution in [0.2, 0.25) is 0 Å². The van der Waals surface area contributed by atoms with Gasteiger partial charge in [0, 0.05) is 38.4 Å². The van der Waals surface area contributed by atoms with Crippen LogP contribution in [0.1, 0.15) is 10.4 Å². The van der Waals surface area contributed by atoms with E-state index in [-0.39, 0.29) is 5.91 Å². The van der Waals surface area contributed by atoms with Gasteiger partial charge in [0.05, 0.1) is 12.7 Å². The van der Waals surface area contributed by atoms with Crippen molar-refractivity contribution in [3.63, 3.8) is 0 Å². The normalized spacial score (nSPS) is 15.9. The number of carbonyl (C=O) groups excluding carboxylic acids is 1. The van der Waals surface area contributed by atoms with Crippen LogP contribution in [0.25, 0.3) is 0 Å². The lowest BCUT2D eigenvalue weighted by molar-refractivity contribution is 0.0735. The van der Waals surface area contributed by atoms with Crippen LogP contribution >= 0.6 is 0 Å². The average molecular weight is 221 g/mol. The van der Waals surface area contributed by atoms with Gasteiger partial charge in [-0.05, 0) is 6.07 Å². The maximum atomic E-state index is 12.0. The van der Waals surface area contributed by atoms with E-state index in [4.69, 9.17) is 4.74 Å². The minimum Gasteiger partial charge on any atom is -0.481 e. The first-order chi connectivity index (χ1) is 7.81. The number of hydrogen-bond acceptors (Lipinski definition) is 4. The molecule has 2 heterocycles. The summed E-state index contributed by atoms with van der Waals surface area (Å²) in [6, 6.07) is 3.45. The molecule has 1 N–H and O–H groups in total. The van der Waals surface area contributed by atoms with E-state index in [0.717, 1.165) is 26.2 Å². The van der Waals surface area contributed by atoms with Crippen molar-refractivity contribution in [1.82, 2.24) is 15.2 Å². The predicted octanol–water partition coefficient (Wildman–Crippen LogP) is 0.136. The largest absolute Gasteiger partial charge is 0.481 e. The lowest BCUT2D eigenvalue weighted by Gasteiger charge is -2.27. The first-order valence-corrected chi connectivity index (χ1v) is 5.31. The minimum absolute atomic E-state index is 0.0386. The van der Waals surface area contributed by atoms with Crippen molar-refractivity contribution >= 4 is 5.91 Å². The molecule has 1 aliphatic heterocycles. The predicted molar refractivity (Wildman–Crippen MR) is 59.6 cm³/mol. The maximum Gasteiger partial charge on any atom is 0.255 e. The molecule has 0 saturated carbocycles. The molecule has 0 atom stereocenters. The van der Waals surface area contributed by atoms with Crippen molar-refractivity contribution in [2.24, 2.45) is 0 Å². The van der Waals surface area contributed by atoms with E-state index >= 15 is 0 Å². The first kappa shape index (κ1) is 10.9. The van der Waals surface area contributed by atoms with Crippen LogP contribution in [-0.2, 0) is 0 Å². The fraction of sp³-hybridized carbons (Fsp3) is 0.455. The second kappa shape index (κ2) is 4.94. The van der Waals surface area contributed by atoms with Gasteiger partial charge in [-0.2, -0.15) is 0 Å². The molecule has 0 radical (unpaired) electrons. The highest BCUT2D eigenvalue weighted by molar-refractivity contribution is 5.94. The summed E-state index contributed by atoms with van der Waals surface area (Å²) in [6.45, 7) is 3.22. The number of aromatic nitrogens is 1. The van der Waals surface area contributed by atoms with Gasteiger partial charge in [0.1, 0.15) is 0 Å². The molecule has 0 bridgehead atoms. The smallest absolute Gasteiger partial charge is 0.255 e. The van der Waals surface area contributed by atoms with E-state index in [2.05, 4.69) is 10.3 Å². The highest BCUT2D eigenvalue weighted by Crippen LogP contribution is 2.09. The van der Waals surface area contributed by atoms with E-state index in [9.17, 15) is 4.79 Å². The van der Waals surface area contributed by atoms with E-state index in [0.29, 0.717) is 11.4 Å². The number of amides is 1. The summed E-state index contributed by atoms with van der Waals surface area (Å²) in [5.41, 5.74) is 0.614. The van der Waals surface area contributed by atoms with E-state index in [1.807, 2.05) is 4.90 Å². The van der Waals surface area contributed by atoms with Gasteiger partial charge in [0.2, 0.25) is 5.88 Å². The molecule has 5 heteroatoms. The van der Waals surface area contributed by atoms with Crippen molar-refractivity contribution in [2.75, 3.05) is 33.3 Å². The topological polar surface area (TPSA) is 54.5 Å². The molecule has 1 aromatic rings. The number of nitrogens with one attached hydrogen (secondary N) is 1. The van der Waals surface area contributed by atoms with Gasteiger partial charge in [-0.3, -0.25) is 4.79 Å². The number of pyridine rings is 1. The summed E-state index contributed by atoms with van der Waals surface area (Å²) in [5.74, 6) is 0.563. The number of nitrogens with zero attached hydrogens (tertiary/aromatic N) is 2. The van der Waals surface area contributed by atoms with Crippen molar-refractivity contribution in [3.05, 3.63) is 23.9 Å². The van der Waals surface area contributed by atoms with Crippen LogP contribution in [0.3, 0.4) is 0 Å². The number of rotatable bonds is 2. The third kappa shape index (κ3) is 2.30. The molecular weight excluding hydrogens is 206 g/mol. The molecule has 1 aromatic heterocycles. The molecule has 1 saturated heterocycles. The Morgan fingerprint density at radius 1 is 1.44 bits per heavy atom. The van der Waals surface area contributed by atoms with Crippen molar-refractivity contribution in [1.29, 1.82) is 0 Å². The molecular formula is C11H15N3O2. The fourth-order valence-electron chi connectivity index (χ4n) is 1.68. The zero-order chi connectivity index (χ0) is 11.4. The lowest BCUT2D eigenvalue weighted by atomic mass is 10.2. The van der Waals surface area contributed by atoms with Crippen LogP contribution in [0.5, 0.6) is 5.88 Å². The first-order valence-electron chi connectivity index (χ1n) is 5.31. The molecule has 0 aliphatic carbocycles. The molecule has 5 nitrogen and oxygen atoms in total. The molecule has 16 heavy (non-hydrogen) atoms. The monoisotopic (exact) mass is 221 g/mol. The van der Waals surface area contributed by atoms with Gasteiger partial charge < -0.3 is 15.0 Å². The van der Waals surface area contributed by atoms with E-state index in [1.54, 1.807) is 25.4 Å². The number of methoxy groups -OCH3 is 1. The van der Waals surface area contributed by atoms with Gasteiger partial charge >= 0.3 is 0 Å². The summed E-state index contributed by atoms with van der Waals surface area (Å²) >= 11 is 0. The summed E-state index contributed by atoms with van der Waals surface area (Å²) in [6.07, 6.45) is 1.56. The Labute approximate surface area is 94.4 Å². The van der Waals surface area contributed by atoms with Crippen LogP contribution in [0.4, 0.5) is 0 Å². The highest BCUT2D eigenvalue weighted by Gasteiger charge is 2.17. The molecule has 2 rings (SSSR count). The molecule has 1 aliphatic rings.